The van der Waals surface area contributed by atoms with Gasteiger partial charge in [0, 0.05) is 28.9 Å². The number of anilines is 1. The van der Waals surface area contributed by atoms with Gasteiger partial charge in [-0.15, -0.1) is 0 Å². The van der Waals surface area contributed by atoms with E-state index in [1.165, 1.54) is 32.4 Å². The number of hydrogen-bond acceptors (Lipinski definition) is 5. The van der Waals surface area contributed by atoms with Crippen molar-refractivity contribution in [2.45, 2.75) is 11.4 Å². The standard InChI is InChI=1S/C22H21ClN2O5S/c1-29-19-5-3-4-18(13-19)25-22(26)16-8-11-20(30-2)21(12-16)31(27,28)24-14-15-6-9-17(23)10-7-15/h3-13,24H,14H2,1-2H3,(H,25,26). The molecule has 0 heterocycles. The molecule has 7 nitrogen and oxygen atoms in total. The van der Waals surface area contributed by atoms with Crippen LogP contribution in [0.15, 0.2) is 71.6 Å². The third-order valence-corrected chi connectivity index (χ3v) is 6.10. The van der Waals surface area contributed by atoms with E-state index in [1.54, 1.807) is 48.5 Å². The topological polar surface area (TPSA) is 93.7 Å². The van der Waals surface area contributed by atoms with Crippen LogP contribution in [0.25, 0.3) is 0 Å². The molecule has 0 aliphatic carbocycles. The Labute approximate surface area is 186 Å². The Morgan fingerprint density at radius 3 is 2.39 bits per heavy atom. The van der Waals surface area contributed by atoms with Gasteiger partial charge in [0.2, 0.25) is 10.0 Å². The maximum atomic E-state index is 12.9. The number of carbonyl (C=O) groups excluding carboxylic acids is 1. The van der Waals surface area contributed by atoms with Crippen molar-refractivity contribution >= 4 is 33.2 Å². The van der Waals surface area contributed by atoms with Gasteiger partial charge < -0.3 is 14.8 Å². The number of sulfonamides is 1. The zero-order chi connectivity index (χ0) is 22.4. The number of benzene rings is 3. The Balaban J connectivity index is 1.83. The van der Waals surface area contributed by atoms with Crippen molar-refractivity contribution in [1.29, 1.82) is 0 Å². The molecule has 162 valence electrons. The number of methoxy groups -OCH3 is 2. The fourth-order valence-electron chi connectivity index (χ4n) is 2.79. The van der Waals surface area contributed by atoms with Crippen molar-refractivity contribution in [3.8, 4) is 11.5 Å². The van der Waals surface area contributed by atoms with E-state index in [9.17, 15) is 13.2 Å². The van der Waals surface area contributed by atoms with Crippen LogP contribution >= 0.6 is 11.6 Å². The van der Waals surface area contributed by atoms with Crippen molar-refractivity contribution < 1.29 is 22.7 Å². The molecule has 0 bridgehead atoms. The van der Waals surface area contributed by atoms with Gasteiger partial charge >= 0.3 is 0 Å². The lowest BCUT2D eigenvalue weighted by molar-refractivity contribution is 0.102. The third kappa shape index (κ3) is 5.75. The molecule has 3 aromatic rings. The predicted octanol–water partition coefficient (Wildman–Crippen LogP) is 4.09. The van der Waals surface area contributed by atoms with Crippen LogP contribution in [-0.4, -0.2) is 28.5 Å². The first-order valence-corrected chi connectivity index (χ1v) is 11.1. The number of rotatable bonds is 8. The number of nitrogens with one attached hydrogen (secondary N) is 2. The summed E-state index contributed by atoms with van der Waals surface area (Å²) < 4.78 is 38.7. The Morgan fingerprint density at radius 1 is 0.968 bits per heavy atom. The molecule has 0 saturated carbocycles. The smallest absolute Gasteiger partial charge is 0.255 e. The summed E-state index contributed by atoms with van der Waals surface area (Å²) in [5.74, 6) is 0.244. The second-order valence-corrected chi connectivity index (χ2v) is 8.67. The Bertz CT molecular complexity index is 1180. The Kier molecular flexibility index (Phi) is 7.17. The van der Waals surface area contributed by atoms with Crippen LogP contribution in [0.3, 0.4) is 0 Å². The number of ether oxygens (including phenoxy) is 2. The van der Waals surface area contributed by atoms with Crippen molar-refractivity contribution in [3.63, 3.8) is 0 Å². The first-order valence-electron chi connectivity index (χ1n) is 9.20. The molecule has 1 amide bonds. The molecular formula is C22H21ClN2O5S. The average molecular weight is 461 g/mol. The number of carbonyl (C=O) groups is 1. The van der Waals surface area contributed by atoms with Crippen molar-refractivity contribution in [1.82, 2.24) is 4.72 Å². The maximum Gasteiger partial charge on any atom is 0.255 e. The monoisotopic (exact) mass is 460 g/mol. The summed E-state index contributed by atoms with van der Waals surface area (Å²) in [5.41, 5.74) is 1.42. The van der Waals surface area contributed by atoms with E-state index < -0.39 is 15.9 Å². The highest BCUT2D eigenvalue weighted by atomic mass is 35.5. The molecule has 0 aromatic heterocycles. The SMILES string of the molecule is COc1cccc(NC(=O)c2ccc(OC)c(S(=O)(=O)NCc3ccc(Cl)cc3)c2)c1. The lowest BCUT2D eigenvalue weighted by Crippen LogP contribution is -2.24. The minimum absolute atomic E-state index is 0.0584. The van der Waals surface area contributed by atoms with Gasteiger partial charge in [0.25, 0.3) is 5.91 Å². The van der Waals surface area contributed by atoms with Gasteiger partial charge in [0.15, 0.2) is 0 Å². The van der Waals surface area contributed by atoms with Crippen LogP contribution in [0, 0.1) is 0 Å². The molecule has 9 heteroatoms. The molecule has 0 saturated heterocycles. The van der Waals surface area contributed by atoms with Gasteiger partial charge in [-0.05, 0) is 48.0 Å². The number of halogens is 1. The quantitative estimate of drug-likeness (QED) is 0.528. The molecule has 3 rings (SSSR count). The number of hydrogen-bond donors (Lipinski definition) is 2. The second kappa shape index (κ2) is 9.82. The Hall–Kier alpha value is -3.07. The normalized spacial score (nSPS) is 11.1. The fraction of sp³-hybridized carbons (Fsp3) is 0.136. The van der Waals surface area contributed by atoms with E-state index in [2.05, 4.69) is 10.0 Å². The first-order chi connectivity index (χ1) is 14.8. The van der Waals surface area contributed by atoms with E-state index in [-0.39, 0.29) is 22.8 Å². The number of amides is 1. The van der Waals surface area contributed by atoms with E-state index in [4.69, 9.17) is 21.1 Å². The molecule has 2 N–H and O–H groups in total. The highest BCUT2D eigenvalue weighted by molar-refractivity contribution is 7.89. The maximum absolute atomic E-state index is 12.9. The molecule has 0 fully saturated rings. The summed E-state index contributed by atoms with van der Waals surface area (Å²) in [6.45, 7) is 0.0584. The summed E-state index contributed by atoms with van der Waals surface area (Å²) in [4.78, 5) is 12.5. The summed E-state index contributed by atoms with van der Waals surface area (Å²) >= 11 is 5.86. The summed E-state index contributed by atoms with van der Waals surface area (Å²) in [5, 5.41) is 3.28. The lowest BCUT2D eigenvalue weighted by Gasteiger charge is -2.13. The molecule has 0 radical (unpaired) electrons. The first kappa shape index (κ1) is 22.6. The minimum Gasteiger partial charge on any atom is -0.497 e. The van der Waals surface area contributed by atoms with Crippen LogP contribution in [0.2, 0.25) is 5.02 Å². The molecule has 0 aliphatic heterocycles. The minimum atomic E-state index is -3.96. The molecule has 0 spiro atoms. The lowest BCUT2D eigenvalue weighted by atomic mass is 10.2. The van der Waals surface area contributed by atoms with Crippen LogP contribution in [-0.2, 0) is 16.6 Å². The fourth-order valence-corrected chi connectivity index (χ4v) is 4.13. The zero-order valence-electron chi connectivity index (χ0n) is 16.9. The predicted molar refractivity (Wildman–Crippen MR) is 119 cm³/mol. The van der Waals surface area contributed by atoms with Gasteiger partial charge in [-0.1, -0.05) is 29.8 Å². The van der Waals surface area contributed by atoms with Crippen molar-refractivity contribution in [2.24, 2.45) is 0 Å². The Morgan fingerprint density at radius 2 is 1.71 bits per heavy atom. The molecule has 3 aromatic carbocycles. The molecule has 31 heavy (non-hydrogen) atoms. The molecule has 0 unspecified atom stereocenters. The van der Waals surface area contributed by atoms with Crippen LogP contribution < -0.4 is 19.5 Å². The van der Waals surface area contributed by atoms with Gasteiger partial charge in [-0.2, -0.15) is 0 Å². The summed E-state index contributed by atoms with van der Waals surface area (Å²) in [6.07, 6.45) is 0. The van der Waals surface area contributed by atoms with Crippen LogP contribution in [0.1, 0.15) is 15.9 Å². The molecular weight excluding hydrogens is 440 g/mol. The van der Waals surface area contributed by atoms with E-state index in [0.29, 0.717) is 16.5 Å². The van der Waals surface area contributed by atoms with E-state index in [1.807, 2.05) is 0 Å². The van der Waals surface area contributed by atoms with Crippen molar-refractivity contribution in [3.05, 3.63) is 82.9 Å². The highest BCUT2D eigenvalue weighted by Crippen LogP contribution is 2.26. The second-order valence-electron chi connectivity index (χ2n) is 6.50. The zero-order valence-corrected chi connectivity index (χ0v) is 18.5. The van der Waals surface area contributed by atoms with Gasteiger partial charge in [0.05, 0.1) is 14.2 Å². The average Bonchev–Trinajstić information content (AvgIpc) is 2.78. The summed E-state index contributed by atoms with van der Waals surface area (Å²) in [6, 6.07) is 17.9. The molecule has 0 aliphatic rings. The van der Waals surface area contributed by atoms with Crippen LogP contribution in [0.5, 0.6) is 11.5 Å². The van der Waals surface area contributed by atoms with Gasteiger partial charge in [0.1, 0.15) is 16.4 Å². The third-order valence-electron chi connectivity index (χ3n) is 4.42. The van der Waals surface area contributed by atoms with E-state index >= 15 is 0 Å². The van der Waals surface area contributed by atoms with Gasteiger partial charge in [-0.3, -0.25) is 4.79 Å². The molecule has 0 atom stereocenters. The highest BCUT2D eigenvalue weighted by Gasteiger charge is 2.22. The largest absolute Gasteiger partial charge is 0.497 e. The van der Waals surface area contributed by atoms with Gasteiger partial charge in [-0.25, -0.2) is 13.1 Å². The summed E-state index contributed by atoms with van der Waals surface area (Å²) in [7, 11) is -1.07. The van der Waals surface area contributed by atoms with Crippen LogP contribution in [0.4, 0.5) is 5.69 Å². The van der Waals surface area contributed by atoms with E-state index in [0.717, 1.165) is 5.56 Å². The van der Waals surface area contributed by atoms with Crippen molar-refractivity contribution in [2.75, 3.05) is 19.5 Å².